The molecule has 1 heterocycles. The standard InChI is InChI=1S/C20H23N2O/c1-15(11-17-13-22-19-10-6-5-9-18(17)19)12-21-14-20(23)16-7-3-2-4-8-16/h2-10,13,20-23H,11-12,14H2,1H3. The van der Waals surface area contributed by atoms with E-state index in [-0.39, 0.29) is 0 Å². The second-order valence-electron chi connectivity index (χ2n) is 6.05. The zero-order chi connectivity index (χ0) is 16.1. The minimum atomic E-state index is -0.461. The van der Waals surface area contributed by atoms with Crippen LogP contribution in [0.15, 0.2) is 60.8 Å². The topological polar surface area (TPSA) is 48.0 Å². The van der Waals surface area contributed by atoms with E-state index >= 15 is 0 Å². The van der Waals surface area contributed by atoms with Crippen LogP contribution in [0, 0.1) is 5.92 Å². The van der Waals surface area contributed by atoms with Crippen LogP contribution in [0.4, 0.5) is 0 Å². The number of H-pyrrole nitrogens is 1. The van der Waals surface area contributed by atoms with Crippen LogP contribution >= 0.6 is 0 Å². The lowest BCUT2D eigenvalue weighted by molar-refractivity contribution is 0.175. The van der Waals surface area contributed by atoms with Gasteiger partial charge in [0.05, 0.1) is 6.10 Å². The van der Waals surface area contributed by atoms with Crippen molar-refractivity contribution >= 4 is 10.9 Å². The predicted octanol–water partition coefficient (Wildman–Crippen LogP) is 3.63. The van der Waals surface area contributed by atoms with E-state index in [4.69, 9.17) is 0 Å². The summed E-state index contributed by atoms with van der Waals surface area (Å²) in [5.41, 5.74) is 3.46. The largest absolute Gasteiger partial charge is 0.387 e. The average Bonchev–Trinajstić information content (AvgIpc) is 2.99. The Hall–Kier alpha value is -2.10. The Balaban J connectivity index is 1.49. The summed E-state index contributed by atoms with van der Waals surface area (Å²) in [6.07, 6.45) is 2.57. The lowest BCUT2D eigenvalue weighted by Gasteiger charge is -2.15. The molecule has 3 aromatic rings. The van der Waals surface area contributed by atoms with Gasteiger partial charge < -0.3 is 15.4 Å². The fraction of sp³-hybridized carbons (Fsp3) is 0.250. The third-order valence-electron chi connectivity index (χ3n) is 4.12. The van der Waals surface area contributed by atoms with E-state index in [1.165, 1.54) is 22.4 Å². The van der Waals surface area contributed by atoms with Gasteiger partial charge in [0.1, 0.15) is 0 Å². The molecular weight excluding hydrogens is 284 g/mol. The van der Waals surface area contributed by atoms with Crippen LogP contribution in [0.3, 0.4) is 0 Å². The van der Waals surface area contributed by atoms with Crippen LogP contribution in [0.25, 0.3) is 10.9 Å². The third-order valence-corrected chi connectivity index (χ3v) is 4.12. The van der Waals surface area contributed by atoms with Gasteiger partial charge in [0.2, 0.25) is 0 Å². The molecule has 1 atom stereocenters. The lowest BCUT2D eigenvalue weighted by atomic mass is 10.0. The molecule has 3 N–H and O–H groups in total. The number of aromatic nitrogens is 1. The summed E-state index contributed by atoms with van der Waals surface area (Å²) >= 11 is 0. The first-order chi connectivity index (χ1) is 11.2. The Morgan fingerprint density at radius 1 is 1.09 bits per heavy atom. The Morgan fingerprint density at radius 2 is 1.83 bits per heavy atom. The Bertz CT molecular complexity index is 735. The SMILES string of the molecule is C[C](CNCC(O)c1ccccc1)Cc1c[nH]c2ccccc12. The molecule has 0 aliphatic heterocycles. The number of aliphatic hydroxyl groups is 1. The number of fused-ring (bicyclic) bond motifs is 1. The number of aromatic amines is 1. The molecule has 23 heavy (non-hydrogen) atoms. The predicted molar refractivity (Wildman–Crippen MR) is 95.2 cm³/mol. The highest BCUT2D eigenvalue weighted by Gasteiger charge is 2.10. The van der Waals surface area contributed by atoms with Gasteiger partial charge >= 0.3 is 0 Å². The van der Waals surface area contributed by atoms with Gasteiger partial charge in [0.15, 0.2) is 0 Å². The van der Waals surface area contributed by atoms with Crippen molar-refractivity contribution in [2.75, 3.05) is 13.1 Å². The van der Waals surface area contributed by atoms with Crippen LogP contribution in [0.2, 0.25) is 0 Å². The van der Waals surface area contributed by atoms with Crippen LogP contribution < -0.4 is 5.32 Å². The highest BCUT2D eigenvalue weighted by atomic mass is 16.3. The van der Waals surface area contributed by atoms with E-state index in [1.54, 1.807) is 0 Å². The average molecular weight is 307 g/mol. The fourth-order valence-electron chi connectivity index (χ4n) is 2.88. The molecule has 1 radical (unpaired) electrons. The summed E-state index contributed by atoms with van der Waals surface area (Å²) in [7, 11) is 0. The van der Waals surface area contributed by atoms with Gasteiger partial charge in [-0.3, -0.25) is 0 Å². The van der Waals surface area contributed by atoms with Gasteiger partial charge in [-0.15, -0.1) is 0 Å². The summed E-state index contributed by atoms with van der Waals surface area (Å²) in [4.78, 5) is 3.32. The minimum Gasteiger partial charge on any atom is -0.387 e. The summed E-state index contributed by atoms with van der Waals surface area (Å²) in [5, 5.41) is 14.8. The lowest BCUT2D eigenvalue weighted by Crippen LogP contribution is -2.26. The second-order valence-corrected chi connectivity index (χ2v) is 6.05. The third kappa shape index (κ3) is 4.01. The molecule has 3 rings (SSSR count). The van der Waals surface area contributed by atoms with E-state index in [1.807, 2.05) is 36.4 Å². The van der Waals surface area contributed by atoms with Gasteiger partial charge in [0, 0.05) is 30.2 Å². The molecule has 1 unspecified atom stereocenters. The summed E-state index contributed by atoms with van der Waals surface area (Å²) in [6.45, 7) is 3.53. The zero-order valence-electron chi connectivity index (χ0n) is 13.4. The summed E-state index contributed by atoms with van der Waals surface area (Å²) < 4.78 is 0. The van der Waals surface area contributed by atoms with Crippen molar-refractivity contribution in [3.8, 4) is 0 Å². The number of hydrogen-bond donors (Lipinski definition) is 3. The van der Waals surface area contributed by atoms with E-state index < -0.39 is 6.10 Å². The van der Waals surface area contributed by atoms with Crippen molar-refractivity contribution in [1.29, 1.82) is 0 Å². The van der Waals surface area contributed by atoms with Crippen molar-refractivity contribution < 1.29 is 5.11 Å². The number of benzene rings is 2. The second kappa shape index (κ2) is 7.44. The quantitative estimate of drug-likeness (QED) is 0.624. The monoisotopic (exact) mass is 307 g/mol. The maximum Gasteiger partial charge on any atom is 0.0914 e. The number of aliphatic hydroxyl groups excluding tert-OH is 1. The number of para-hydroxylation sites is 1. The van der Waals surface area contributed by atoms with Crippen LogP contribution in [0.5, 0.6) is 0 Å². The highest BCUT2D eigenvalue weighted by Crippen LogP contribution is 2.21. The summed E-state index contributed by atoms with van der Waals surface area (Å²) in [5.74, 6) is 1.36. The molecular formula is C20H23N2O. The van der Waals surface area contributed by atoms with Crippen molar-refractivity contribution in [1.82, 2.24) is 10.3 Å². The van der Waals surface area contributed by atoms with E-state index in [0.717, 1.165) is 18.5 Å². The molecule has 119 valence electrons. The normalized spacial score (nSPS) is 12.8. The van der Waals surface area contributed by atoms with Crippen molar-refractivity contribution in [2.45, 2.75) is 19.4 Å². The number of hydrogen-bond acceptors (Lipinski definition) is 2. The molecule has 0 saturated carbocycles. The smallest absolute Gasteiger partial charge is 0.0914 e. The molecule has 3 heteroatoms. The first-order valence-electron chi connectivity index (χ1n) is 8.04. The maximum atomic E-state index is 10.2. The van der Waals surface area contributed by atoms with Gasteiger partial charge in [-0.25, -0.2) is 0 Å². The molecule has 0 spiro atoms. The first-order valence-corrected chi connectivity index (χ1v) is 8.04. The van der Waals surface area contributed by atoms with Gasteiger partial charge in [0.25, 0.3) is 0 Å². The minimum absolute atomic E-state index is 0.461. The van der Waals surface area contributed by atoms with E-state index in [2.05, 4.69) is 41.6 Å². The van der Waals surface area contributed by atoms with Crippen LogP contribution in [-0.4, -0.2) is 23.2 Å². The maximum absolute atomic E-state index is 10.2. The molecule has 0 bridgehead atoms. The van der Waals surface area contributed by atoms with Gasteiger partial charge in [-0.2, -0.15) is 0 Å². The fourth-order valence-corrected chi connectivity index (χ4v) is 2.88. The molecule has 0 fully saturated rings. The zero-order valence-corrected chi connectivity index (χ0v) is 13.4. The van der Waals surface area contributed by atoms with Crippen LogP contribution in [-0.2, 0) is 6.42 Å². The summed E-state index contributed by atoms with van der Waals surface area (Å²) in [6, 6.07) is 18.1. The molecule has 0 amide bonds. The van der Waals surface area contributed by atoms with Crippen molar-refractivity contribution in [2.24, 2.45) is 0 Å². The molecule has 2 aromatic carbocycles. The van der Waals surface area contributed by atoms with E-state index in [9.17, 15) is 5.11 Å². The van der Waals surface area contributed by atoms with Crippen molar-refractivity contribution in [3.63, 3.8) is 0 Å². The van der Waals surface area contributed by atoms with Gasteiger partial charge in [-0.1, -0.05) is 55.5 Å². The Kier molecular flexibility index (Phi) is 5.11. The molecule has 0 aliphatic rings. The van der Waals surface area contributed by atoms with Crippen LogP contribution in [0.1, 0.15) is 24.2 Å². The molecule has 1 aromatic heterocycles. The van der Waals surface area contributed by atoms with E-state index in [0.29, 0.717) is 6.54 Å². The molecule has 0 aliphatic carbocycles. The Labute approximate surface area is 137 Å². The molecule has 3 nitrogen and oxygen atoms in total. The van der Waals surface area contributed by atoms with Gasteiger partial charge in [-0.05, 0) is 29.5 Å². The van der Waals surface area contributed by atoms with Crippen molar-refractivity contribution in [3.05, 3.63) is 77.8 Å². The first kappa shape index (κ1) is 15.8. The Morgan fingerprint density at radius 3 is 2.65 bits per heavy atom. The number of nitrogens with one attached hydrogen (secondary N) is 2. The molecule has 0 saturated heterocycles. The highest BCUT2D eigenvalue weighted by molar-refractivity contribution is 5.83. The number of rotatable bonds is 7.